The van der Waals surface area contributed by atoms with E-state index in [4.69, 9.17) is 5.73 Å². The summed E-state index contributed by atoms with van der Waals surface area (Å²) in [5.74, 6) is -1.44. The zero-order valence-corrected chi connectivity index (χ0v) is 16.2. The number of hydrogen-bond donors (Lipinski definition) is 5. The number of amides is 2. The van der Waals surface area contributed by atoms with Crippen LogP contribution in [0.5, 0.6) is 0 Å². The molecular formula is C20H21FN6O3. The number of aryl methyl sites for hydroxylation is 1. The van der Waals surface area contributed by atoms with Crippen molar-refractivity contribution >= 4 is 17.5 Å². The van der Waals surface area contributed by atoms with E-state index in [2.05, 4.69) is 25.6 Å². The molecule has 3 aromatic rings. The summed E-state index contributed by atoms with van der Waals surface area (Å²) in [5.41, 5.74) is 7.71. The third-order valence-corrected chi connectivity index (χ3v) is 4.42. The van der Waals surface area contributed by atoms with Crippen molar-refractivity contribution in [3.8, 4) is 0 Å². The second-order valence-corrected chi connectivity index (χ2v) is 6.68. The Kier molecular flexibility index (Phi) is 6.26. The molecule has 0 bridgehead atoms. The largest absolute Gasteiger partial charge is 0.397 e. The van der Waals surface area contributed by atoms with Crippen LogP contribution in [0.2, 0.25) is 0 Å². The van der Waals surface area contributed by atoms with E-state index in [0.717, 1.165) is 23.4 Å². The predicted octanol–water partition coefficient (Wildman–Crippen LogP) is 1.03. The second-order valence-electron chi connectivity index (χ2n) is 6.68. The van der Waals surface area contributed by atoms with Crippen LogP contribution in [0.1, 0.15) is 37.8 Å². The Morgan fingerprint density at radius 1 is 1.10 bits per heavy atom. The fourth-order valence-corrected chi connectivity index (χ4v) is 2.84. The molecule has 0 unspecified atom stereocenters. The molecule has 2 heterocycles. The summed E-state index contributed by atoms with van der Waals surface area (Å²) < 4.78 is 13.0. The summed E-state index contributed by atoms with van der Waals surface area (Å²) in [6, 6.07) is 8.56. The third-order valence-electron chi connectivity index (χ3n) is 4.42. The number of H-pyrrole nitrogens is 2. The van der Waals surface area contributed by atoms with Crippen molar-refractivity contribution in [3.63, 3.8) is 0 Å². The van der Waals surface area contributed by atoms with E-state index in [1.165, 1.54) is 0 Å². The molecule has 30 heavy (non-hydrogen) atoms. The quantitative estimate of drug-likeness (QED) is 0.393. The summed E-state index contributed by atoms with van der Waals surface area (Å²) in [4.78, 5) is 44.1. The van der Waals surface area contributed by atoms with Crippen molar-refractivity contribution in [2.45, 2.75) is 19.9 Å². The van der Waals surface area contributed by atoms with Gasteiger partial charge in [0.2, 0.25) is 0 Å². The number of rotatable bonds is 7. The van der Waals surface area contributed by atoms with Gasteiger partial charge >= 0.3 is 5.69 Å². The van der Waals surface area contributed by atoms with E-state index in [-0.39, 0.29) is 23.0 Å². The Balaban J connectivity index is 1.47. The molecule has 6 N–H and O–H groups in total. The molecular weight excluding hydrogens is 391 g/mol. The van der Waals surface area contributed by atoms with E-state index in [9.17, 15) is 18.8 Å². The van der Waals surface area contributed by atoms with Gasteiger partial charge in [0.25, 0.3) is 11.8 Å². The van der Waals surface area contributed by atoms with Gasteiger partial charge in [0, 0.05) is 24.8 Å². The molecule has 3 rings (SSSR count). The van der Waals surface area contributed by atoms with Crippen LogP contribution >= 0.6 is 0 Å². The Labute approximate surface area is 170 Å². The van der Waals surface area contributed by atoms with E-state index >= 15 is 0 Å². The van der Waals surface area contributed by atoms with Crippen LogP contribution in [0.4, 0.5) is 10.1 Å². The van der Waals surface area contributed by atoms with E-state index in [0.29, 0.717) is 25.2 Å². The normalized spacial score (nSPS) is 10.6. The highest BCUT2D eigenvalue weighted by molar-refractivity contribution is 5.97. The topological polar surface area (TPSA) is 146 Å². The number of carbonyl (C=O) groups excluding carboxylic acids is 2. The van der Waals surface area contributed by atoms with Crippen LogP contribution in [0.25, 0.3) is 0 Å². The van der Waals surface area contributed by atoms with Gasteiger partial charge in [-0.25, -0.2) is 14.2 Å². The first kappa shape index (κ1) is 20.8. The number of nitrogens with two attached hydrogens (primary N) is 1. The molecule has 10 heteroatoms. The van der Waals surface area contributed by atoms with Gasteiger partial charge in [0.1, 0.15) is 11.5 Å². The van der Waals surface area contributed by atoms with E-state index < -0.39 is 17.4 Å². The number of benzene rings is 1. The number of imidazole rings is 1. The number of aromatic nitrogens is 3. The molecule has 0 aliphatic rings. The van der Waals surface area contributed by atoms with Crippen LogP contribution in [-0.2, 0) is 13.0 Å². The fraction of sp³-hybridized carbons (Fsp3) is 0.200. The molecule has 0 spiro atoms. The summed E-state index contributed by atoms with van der Waals surface area (Å²) in [6.45, 7) is 2.30. The van der Waals surface area contributed by atoms with Crippen LogP contribution in [0, 0.1) is 12.7 Å². The molecule has 0 aliphatic heterocycles. The average Bonchev–Trinajstić information content (AvgIpc) is 3.05. The van der Waals surface area contributed by atoms with Crippen LogP contribution in [-0.4, -0.2) is 33.3 Å². The summed E-state index contributed by atoms with van der Waals surface area (Å²) >= 11 is 0. The van der Waals surface area contributed by atoms with Gasteiger partial charge in [-0.2, -0.15) is 0 Å². The maximum atomic E-state index is 13.0. The van der Waals surface area contributed by atoms with Gasteiger partial charge in [-0.3, -0.25) is 9.59 Å². The Hall–Kier alpha value is -3.95. The molecule has 2 aromatic heterocycles. The maximum absolute atomic E-state index is 13.0. The van der Waals surface area contributed by atoms with Gasteiger partial charge in [-0.05, 0) is 24.5 Å². The minimum atomic E-state index is -0.600. The molecule has 1 aromatic carbocycles. The summed E-state index contributed by atoms with van der Waals surface area (Å²) in [7, 11) is 0. The minimum Gasteiger partial charge on any atom is -0.397 e. The third kappa shape index (κ3) is 5.10. The number of anilines is 1. The first-order chi connectivity index (χ1) is 14.3. The molecule has 156 valence electrons. The number of pyridine rings is 1. The smallest absolute Gasteiger partial charge is 0.323 e. The molecule has 0 saturated carbocycles. The SMILES string of the molecule is Cc1[nH]c(=O)[nH]c1C(=O)NCc1ccc(CCNC(=O)c2ncc(F)cc2N)cc1. The molecule has 2 amide bonds. The highest BCUT2D eigenvalue weighted by atomic mass is 19.1. The van der Waals surface area contributed by atoms with Crippen molar-refractivity contribution < 1.29 is 14.0 Å². The first-order valence-corrected chi connectivity index (χ1v) is 9.17. The van der Waals surface area contributed by atoms with Gasteiger partial charge in [0.15, 0.2) is 5.69 Å². The Morgan fingerprint density at radius 2 is 1.80 bits per heavy atom. The lowest BCUT2D eigenvalue weighted by Crippen LogP contribution is -2.27. The van der Waals surface area contributed by atoms with Crippen molar-refractivity contribution in [3.05, 3.63) is 81.0 Å². The zero-order chi connectivity index (χ0) is 21.7. The molecule has 0 atom stereocenters. The van der Waals surface area contributed by atoms with Crippen LogP contribution in [0.15, 0.2) is 41.3 Å². The number of hydrogen-bond acceptors (Lipinski definition) is 5. The van der Waals surface area contributed by atoms with Crippen molar-refractivity contribution in [1.29, 1.82) is 0 Å². The van der Waals surface area contributed by atoms with Crippen molar-refractivity contribution in [1.82, 2.24) is 25.6 Å². The average molecular weight is 412 g/mol. The van der Waals surface area contributed by atoms with Crippen LogP contribution in [0.3, 0.4) is 0 Å². The maximum Gasteiger partial charge on any atom is 0.323 e. The number of nitrogens with one attached hydrogen (secondary N) is 4. The molecule has 0 fully saturated rings. The number of carbonyl (C=O) groups is 2. The Morgan fingerprint density at radius 3 is 2.43 bits per heavy atom. The zero-order valence-electron chi connectivity index (χ0n) is 16.2. The van der Waals surface area contributed by atoms with Gasteiger partial charge in [-0.15, -0.1) is 0 Å². The number of nitrogens with zero attached hydrogens (tertiary/aromatic N) is 1. The molecule has 9 nitrogen and oxygen atoms in total. The molecule has 0 saturated heterocycles. The monoisotopic (exact) mass is 412 g/mol. The highest BCUT2D eigenvalue weighted by Gasteiger charge is 2.13. The number of aromatic amines is 2. The minimum absolute atomic E-state index is 0.0125. The molecule has 0 aliphatic carbocycles. The van der Waals surface area contributed by atoms with Gasteiger partial charge in [0.05, 0.1) is 11.9 Å². The first-order valence-electron chi connectivity index (χ1n) is 9.17. The highest BCUT2D eigenvalue weighted by Crippen LogP contribution is 2.10. The lowest BCUT2D eigenvalue weighted by molar-refractivity contribution is 0.0939. The Bertz CT molecular complexity index is 1120. The van der Waals surface area contributed by atoms with Gasteiger partial charge < -0.3 is 26.3 Å². The number of halogens is 1. The second kappa shape index (κ2) is 9.03. The van der Waals surface area contributed by atoms with Crippen molar-refractivity contribution in [2.75, 3.05) is 12.3 Å². The standard InChI is InChI=1S/C20H21FN6O3/c1-11-16(27-20(30)26-11)18(28)25-9-13-4-2-12(3-5-13)6-7-23-19(29)17-15(22)8-14(21)10-24-17/h2-5,8,10H,6-7,9,22H2,1H3,(H,23,29)(H,25,28)(H2,26,27,30). The fourth-order valence-electron chi connectivity index (χ4n) is 2.84. The van der Waals surface area contributed by atoms with E-state index in [1.807, 2.05) is 24.3 Å². The molecule has 0 radical (unpaired) electrons. The van der Waals surface area contributed by atoms with Crippen LogP contribution < -0.4 is 22.1 Å². The van der Waals surface area contributed by atoms with Crippen molar-refractivity contribution in [2.24, 2.45) is 0 Å². The number of nitrogen functional groups attached to an aromatic ring is 1. The summed E-state index contributed by atoms with van der Waals surface area (Å²) in [5, 5.41) is 5.44. The van der Waals surface area contributed by atoms with E-state index in [1.54, 1.807) is 6.92 Å². The lowest BCUT2D eigenvalue weighted by atomic mass is 10.1. The predicted molar refractivity (Wildman–Crippen MR) is 108 cm³/mol. The van der Waals surface area contributed by atoms with Gasteiger partial charge in [-0.1, -0.05) is 24.3 Å². The lowest BCUT2D eigenvalue weighted by Gasteiger charge is -2.08. The summed E-state index contributed by atoms with van der Waals surface area (Å²) in [6.07, 6.45) is 1.51.